The molecule has 2 aliphatic heterocycles. The smallest absolute Gasteiger partial charge is 0.229 e. The number of hydrogen-bond donors (Lipinski definition) is 4. The molecule has 2 aliphatic carbocycles. The van der Waals surface area contributed by atoms with Crippen molar-refractivity contribution in [2.24, 2.45) is 11.8 Å². The van der Waals surface area contributed by atoms with Gasteiger partial charge in [0, 0.05) is 71.0 Å². The van der Waals surface area contributed by atoms with E-state index in [2.05, 4.69) is 35.6 Å². The number of nitrogens with two attached hydrogens (primary N) is 1. The van der Waals surface area contributed by atoms with Crippen LogP contribution in [0.4, 0.5) is 17.6 Å². The van der Waals surface area contributed by atoms with E-state index < -0.39 is 0 Å². The molecular weight excluding hydrogens is 514 g/mol. The van der Waals surface area contributed by atoms with Gasteiger partial charge in [-0.05, 0) is 76.4 Å². The molecule has 0 unspecified atom stereocenters. The SMILES string of the molecule is Nc1cc(NC[C@H]2CC[C@H](CNCCCNC3CCCCC3)CC2)nc(N2CCN(CCN3CCOCC3)CC2)n1. The fraction of sp³-hybridized carbons (Fsp3) is 0.871. The first-order chi connectivity index (χ1) is 20.2. The maximum atomic E-state index is 6.21. The minimum Gasteiger partial charge on any atom is -0.383 e. The first-order valence-electron chi connectivity index (χ1n) is 16.8. The summed E-state index contributed by atoms with van der Waals surface area (Å²) in [6.45, 7) is 14.5. The Kier molecular flexibility index (Phi) is 12.6. The van der Waals surface area contributed by atoms with E-state index in [4.69, 9.17) is 15.5 Å². The summed E-state index contributed by atoms with van der Waals surface area (Å²) in [6.07, 6.45) is 13.5. The Hall–Kier alpha value is -1.72. The van der Waals surface area contributed by atoms with E-state index in [0.717, 1.165) is 109 Å². The van der Waals surface area contributed by atoms with Crippen LogP contribution in [0, 0.1) is 11.8 Å². The van der Waals surface area contributed by atoms with Crippen molar-refractivity contribution in [1.82, 2.24) is 30.4 Å². The Bertz CT molecular complexity index is 861. The number of piperazine rings is 1. The van der Waals surface area contributed by atoms with Gasteiger partial charge in [-0.2, -0.15) is 9.97 Å². The number of hydrogen-bond acceptors (Lipinski definition) is 10. The van der Waals surface area contributed by atoms with E-state index in [1.54, 1.807) is 0 Å². The second-order valence-electron chi connectivity index (χ2n) is 12.9. The summed E-state index contributed by atoms with van der Waals surface area (Å²) in [4.78, 5) is 16.8. The van der Waals surface area contributed by atoms with Crippen molar-refractivity contribution in [1.29, 1.82) is 0 Å². The lowest BCUT2D eigenvalue weighted by molar-refractivity contribution is 0.0331. The number of anilines is 3. The Morgan fingerprint density at radius 1 is 0.780 bits per heavy atom. The Labute approximate surface area is 248 Å². The molecule has 5 N–H and O–H groups in total. The normalized spacial score (nSPS) is 25.4. The van der Waals surface area contributed by atoms with Gasteiger partial charge in [0.25, 0.3) is 0 Å². The first kappa shape index (κ1) is 30.7. The molecule has 0 bridgehead atoms. The number of nitrogens with zero attached hydrogens (tertiary/aromatic N) is 5. The molecule has 5 rings (SSSR count). The molecular formula is C31H57N9O. The predicted molar refractivity (Wildman–Crippen MR) is 169 cm³/mol. The Morgan fingerprint density at radius 3 is 2.20 bits per heavy atom. The van der Waals surface area contributed by atoms with Crippen LogP contribution in [0.15, 0.2) is 6.07 Å². The average Bonchev–Trinajstić information content (AvgIpc) is 3.02. The lowest BCUT2D eigenvalue weighted by Crippen LogP contribution is -2.50. The second-order valence-corrected chi connectivity index (χ2v) is 12.9. The average molecular weight is 572 g/mol. The number of nitrogens with one attached hydrogen (secondary N) is 3. The molecule has 41 heavy (non-hydrogen) atoms. The van der Waals surface area contributed by atoms with Crippen molar-refractivity contribution < 1.29 is 4.74 Å². The lowest BCUT2D eigenvalue weighted by Gasteiger charge is -2.36. The highest BCUT2D eigenvalue weighted by Gasteiger charge is 2.23. The van der Waals surface area contributed by atoms with Gasteiger partial charge in [0.2, 0.25) is 5.95 Å². The van der Waals surface area contributed by atoms with E-state index >= 15 is 0 Å². The zero-order valence-corrected chi connectivity index (χ0v) is 25.5. The third-order valence-electron chi connectivity index (χ3n) is 9.77. The number of morpholine rings is 1. The Balaban J connectivity index is 0.939. The highest BCUT2D eigenvalue weighted by Crippen LogP contribution is 2.29. The Morgan fingerprint density at radius 2 is 1.46 bits per heavy atom. The van der Waals surface area contributed by atoms with Crippen LogP contribution in [-0.4, -0.2) is 118 Å². The fourth-order valence-electron chi connectivity index (χ4n) is 6.99. The van der Waals surface area contributed by atoms with Gasteiger partial charge in [-0.25, -0.2) is 0 Å². The predicted octanol–water partition coefficient (Wildman–Crippen LogP) is 2.63. The highest BCUT2D eigenvalue weighted by molar-refractivity contribution is 5.51. The van der Waals surface area contributed by atoms with Crippen molar-refractivity contribution >= 4 is 17.6 Å². The monoisotopic (exact) mass is 571 g/mol. The number of rotatable bonds is 14. The molecule has 232 valence electrons. The molecule has 2 saturated heterocycles. The summed E-state index contributed by atoms with van der Waals surface area (Å²) in [5, 5.41) is 11.1. The van der Waals surface area contributed by atoms with Gasteiger partial charge in [0.15, 0.2) is 0 Å². The van der Waals surface area contributed by atoms with Gasteiger partial charge in [-0.1, -0.05) is 19.3 Å². The van der Waals surface area contributed by atoms with Crippen molar-refractivity contribution in [3.63, 3.8) is 0 Å². The molecule has 1 aromatic heterocycles. The van der Waals surface area contributed by atoms with Crippen molar-refractivity contribution in [2.75, 3.05) is 108 Å². The van der Waals surface area contributed by atoms with Gasteiger partial charge >= 0.3 is 0 Å². The summed E-state index contributed by atoms with van der Waals surface area (Å²) >= 11 is 0. The van der Waals surface area contributed by atoms with E-state index in [1.165, 1.54) is 70.8 Å². The topological polar surface area (TPSA) is 107 Å². The van der Waals surface area contributed by atoms with Crippen LogP contribution in [-0.2, 0) is 4.74 Å². The van der Waals surface area contributed by atoms with E-state index in [1.807, 2.05) is 6.07 Å². The summed E-state index contributed by atoms with van der Waals surface area (Å²) in [5.74, 6) is 3.72. The van der Waals surface area contributed by atoms with Gasteiger partial charge in [-0.3, -0.25) is 9.80 Å². The number of aromatic nitrogens is 2. The van der Waals surface area contributed by atoms with Crippen LogP contribution in [0.5, 0.6) is 0 Å². The molecule has 10 heteroatoms. The quantitative estimate of drug-likeness (QED) is 0.249. The van der Waals surface area contributed by atoms with Crippen LogP contribution in [0.3, 0.4) is 0 Å². The van der Waals surface area contributed by atoms with Gasteiger partial charge in [0.05, 0.1) is 13.2 Å². The summed E-state index contributed by atoms with van der Waals surface area (Å²) in [5.41, 5.74) is 6.21. The van der Waals surface area contributed by atoms with E-state index in [0.29, 0.717) is 11.7 Å². The molecule has 0 radical (unpaired) electrons. The van der Waals surface area contributed by atoms with Crippen molar-refractivity contribution in [3.8, 4) is 0 Å². The van der Waals surface area contributed by atoms with Gasteiger partial charge < -0.3 is 31.3 Å². The molecule has 0 spiro atoms. The van der Waals surface area contributed by atoms with Crippen LogP contribution < -0.4 is 26.6 Å². The van der Waals surface area contributed by atoms with Gasteiger partial charge in [-0.15, -0.1) is 0 Å². The standard InChI is InChI=1S/C31H57N9O/c32-29-23-30(37-31(36-29)40-17-15-38(16-18-40)13-14-39-19-21-41-22-20-39)35-25-27-9-7-26(8-10-27)24-33-11-4-12-34-28-5-2-1-3-6-28/h23,26-28,33-34H,1-22,24-25H2,(H3,32,35,36,37)/t26-,27-. The lowest BCUT2D eigenvalue weighted by atomic mass is 9.82. The van der Waals surface area contributed by atoms with Crippen LogP contribution in [0.25, 0.3) is 0 Å². The molecule has 0 aromatic carbocycles. The minimum absolute atomic E-state index is 0.552. The number of nitrogen functional groups attached to an aromatic ring is 1. The maximum absolute atomic E-state index is 6.21. The summed E-state index contributed by atoms with van der Waals surface area (Å²) in [6, 6.07) is 2.67. The van der Waals surface area contributed by atoms with Crippen LogP contribution in [0.2, 0.25) is 0 Å². The van der Waals surface area contributed by atoms with E-state index in [-0.39, 0.29) is 0 Å². The van der Waals surface area contributed by atoms with Crippen LogP contribution in [0.1, 0.15) is 64.2 Å². The molecule has 2 saturated carbocycles. The molecule has 0 atom stereocenters. The third kappa shape index (κ3) is 10.5. The van der Waals surface area contributed by atoms with E-state index in [9.17, 15) is 0 Å². The molecule has 0 amide bonds. The van der Waals surface area contributed by atoms with Gasteiger partial charge in [0.1, 0.15) is 11.6 Å². The fourth-order valence-corrected chi connectivity index (χ4v) is 6.99. The molecule has 4 aliphatic rings. The minimum atomic E-state index is 0.552. The number of ether oxygens (including phenoxy) is 1. The zero-order valence-electron chi connectivity index (χ0n) is 25.5. The molecule has 3 heterocycles. The zero-order chi connectivity index (χ0) is 28.1. The highest BCUT2D eigenvalue weighted by atomic mass is 16.5. The largest absolute Gasteiger partial charge is 0.383 e. The summed E-state index contributed by atoms with van der Waals surface area (Å²) < 4.78 is 5.47. The maximum Gasteiger partial charge on any atom is 0.229 e. The van der Waals surface area contributed by atoms with Crippen molar-refractivity contribution in [3.05, 3.63) is 6.07 Å². The van der Waals surface area contributed by atoms with Crippen LogP contribution >= 0.6 is 0 Å². The summed E-state index contributed by atoms with van der Waals surface area (Å²) in [7, 11) is 0. The molecule has 10 nitrogen and oxygen atoms in total. The first-order valence-corrected chi connectivity index (χ1v) is 16.8. The second kappa shape index (κ2) is 16.8. The molecule has 4 fully saturated rings. The van der Waals surface area contributed by atoms with Crippen molar-refractivity contribution in [2.45, 2.75) is 70.3 Å². The third-order valence-corrected chi connectivity index (χ3v) is 9.77. The molecule has 1 aromatic rings.